The Balaban J connectivity index is 1.92. The molecule has 2 rings (SSSR count). The molecule has 0 aliphatic heterocycles. The second-order valence-corrected chi connectivity index (χ2v) is 7.50. The van der Waals surface area contributed by atoms with E-state index in [-0.39, 0.29) is 17.7 Å². The number of amides is 1. The third-order valence-corrected chi connectivity index (χ3v) is 4.77. The van der Waals surface area contributed by atoms with Crippen LogP contribution in [0.3, 0.4) is 0 Å². The molecule has 23 heavy (non-hydrogen) atoms. The van der Waals surface area contributed by atoms with Crippen LogP contribution in [0.2, 0.25) is 0 Å². The number of benzene rings is 1. The molecule has 3 nitrogen and oxygen atoms in total. The predicted molar refractivity (Wildman–Crippen MR) is 96.6 cm³/mol. The van der Waals surface area contributed by atoms with Gasteiger partial charge in [0.25, 0.3) is 0 Å². The minimum atomic E-state index is -0.132. The Morgan fingerprint density at radius 2 is 1.74 bits per heavy atom. The maximum Gasteiger partial charge on any atom is 0.227 e. The third kappa shape index (κ3) is 5.39. The zero-order chi connectivity index (χ0) is 16.7. The van der Waals surface area contributed by atoms with E-state index in [1.165, 1.54) is 4.90 Å². The van der Waals surface area contributed by atoms with Crippen LogP contribution < -0.4 is 5.32 Å². The van der Waals surface area contributed by atoms with Crippen LogP contribution in [-0.2, 0) is 4.79 Å². The van der Waals surface area contributed by atoms with Crippen LogP contribution in [0, 0.1) is 5.92 Å². The van der Waals surface area contributed by atoms with E-state index in [9.17, 15) is 4.79 Å². The van der Waals surface area contributed by atoms with E-state index in [1.54, 1.807) is 24.2 Å². The maximum absolute atomic E-state index is 12.6. The number of pyridine rings is 1. The molecule has 0 aliphatic carbocycles. The van der Waals surface area contributed by atoms with E-state index in [1.807, 2.05) is 30.3 Å². The first-order chi connectivity index (χ1) is 11.1. The molecular formula is C19H24N2OS. The van der Waals surface area contributed by atoms with E-state index in [2.05, 4.69) is 43.2 Å². The smallest absolute Gasteiger partial charge is 0.227 e. The summed E-state index contributed by atoms with van der Waals surface area (Å²) in [6.45, 7) is 6.95. The fraction of sp³-hybridized carbons (Fsp3) is 0.368. The number of carbonyl (C=O) groups is 1. The van der Waals surface area contributed by atoms with E-state index < -0.39 is 0 Å². The minimum absolute atomic E-state index is 0.0895. The van der Waals surface area contributed by atoms with E-state index in [4.69, 9.17) is 0 Å². The quantitative estimate of drug-likeness (QED) is 0.778. The molecule has 0 spiro atoms. The molecule has 2 atom stereocenters. The molecule has 0 radical (unpaired) electrons. The van der Waals surface area contributed by atoms with Gasteiger partial charge < -0.3 is 5.32 Å². The number of rotatable bonds is 7. The molecule has 0 saturated carbocycles. The van der Waals surface area contributed by atoms with Crippen molar-refractivity contribution in [1.82, 2.24) is 10.3 Å². The molecule has 1 heterocycles. The van der Waals surface area contributed by atoms with Crippen molar-refractivity contribution in [2.24, 2.45) is 5.92 Å². The van der Waals surface area contributed by atoms with Crippen LogP contribution in [-0.4, -0.2) is 22.7 Å². The number of carbonyl (C=O) groups excluding carboxylic acids is 1. The molecule has 2 aromatic rings. The molecule has 1 N–H and O–H groups in total. The van der Waals surface area contributed by atoms with Gasteiger partial charge in [-0.25, -0.2) is 0 Å². The highest BCUT2D eigenvalue weighted by atomic mass is 32.2. The molecule has 0 saturated heterocycles. The van der Waals surface area contributed by atoms with Crippen molar-refractivity contribution in [3.63, 3.8) is 0 Å². The number of thioether (sulfide) groups is 1. The zero-order valence-corrected chi connectivity index (χ0v) is 14.7. The standard InChI is InChI=1S/C19H24N2OS/c1-14(2)18(16-9-11-20-12-10-16)19(22)21-13-15(3)23-17-7-5-4-6-8-17/h4-12,14-15,18H,13H2,1-3H3,(H,21,22)/t15-,18-/m0/s1. The number of hydrogen-bond donors (Lipinski definition) is 1. The lowest BCUT2D eigenvalue weighted by Crippen LogP contribution is -2.35. The molecule has 0 unspecified atom stereocenters. The number of nitrogens with one attached hydrogen (secondary N) is 1. The molecule has 0 bridgehead atoms. The summed E-state index contributed by atoms with van der Waals surface area (Å²) < 4.78 is 0. The average Bonchev–Trinajstić information content (AvgIpc) is 2.55. The van der Waals surface area contributed by atoms with Crippen LogP contribution in [0.25, 0.3) is 0 Å². The minimum Gasteiger partial charge on any atom is -0.354 e. The highest BCUT2D eigenvalue weighted by molar-refractivity contribution is 8.00. The van der Waals surface area contributed by atoms with Crippen molar-refractivity contribution in [2.75, 3.05) is 6.54 Å². The Labute approximate surface area is 142 Å². The first-order valence-corrected chi connectivity index (χ1v) is 8.85. The van der Waals surface area contributed by atoms with Crippen LogP contribution in [0.15, 0.2) is 59.8 Å². The van der Waals surface area contributed by atoms with Crippen LogP contribution in [0.5, 0.6) is 0 Å². The zero-order valence-electron chi connectivity index (χ0n) is 13.9. The molecule has 1 amide bonds. The van der Waals surface area contributed by atoms with Crippen molar-refractivity contribution in [2.45, 2.75) is 36.8 Å². The fourth-order valence-electron chi connectivity index (χ4n) is 2.54. The largest absolute Gasteiger partial charge is 0.354 e. The molecule has 1 aromatic heterocycles. The van der Waals surface area contributed by atoms with E-state index in [0.717, 1.165) is 5.56 Å². The van der Waals surface area contributed by atoms with Crippen molar-refractivity contribution in [1.29, 1.82) is 0 Å². The van der Waals surface area contributed by atoms with Crippen LogP contribution >= 0.6 is 11.8 Å². The predicted octanol–water partition coefficient (Wildman–Crippen LogP) is 4.12. The molecular weight excluding hydrogens is 304 g/mol. The van der Waals surface area contributed by atoms with E-state index in [0.29, 0.717) is 11.8 Å². The average molecular weight is 328 g/mol. The Hall–Kier alpha value is -1.81. The lowest BCUT2D eigenvalue weighted by atomic mass is 9.88. The summed E-state index contributed by atoms with van der Waals surface area (Å²) in [5.41, 5.74) is 1.02. The summed E-state index contributed by atoms with van der Waals surface area (Å²) in [7, 11) is 0. The number of nitrogens with zero attached hydrogens (tertiary/aromatic N) is 1. The Kier molecular flexibility index (Phi) is 6.66. The summed E-state index contributed by atoms with van der Waals surface area (Å²) in [6, 6.07) is 14.1. The van der Waals surface area contributed by atoms with Gasteiger partial charge in [0.05, 0.1) is 5.92 Å². The molecule has 0 fully saturated rings. The molecule has 1 aromatic carbocycles. The van der Waals surface area contributed by atoms with Gasteiger partial charge in [-0.05, 0) is 35.7 Å². The Morgan fingerprint density at radius 1 is 1.09 bits per heavy atom. The van der Waals surface area contributed by atoms with Crippen molar-refractivity contribution < 1.29 is 4.79 Å². The summed E-state index contributed by atoms with van der Waals surface area (Å²) in [4.78, 5) is 17.9. The lowest BCUT2D eigenvalue weighted by Gasteiger charge is -2.22. The fourth-order valence-corrected chi connectivity index (χ4v) is 3.48. The summed E-state index contributed by atoms with van der Waals surface area (Å²) in [5.74, 6) is 0.202. The summed E-state index contributed by atoms with van der Waals surface area (Å²) >= 11 is 1.78. The molecule has 4 heteroatoms. The van der Waals surface area contributed by atoms with Crippen molar-refractivity contribution in [3.05, 3.63) is 60.4 Å². The van der Waals surface area contributed by atoms with Gasteiger partial charge in [-0.2, -0.15) is 0 Å². The lowest BCUT2D eigenvalue weighted by molar-refractivity contribution is -0.123. The SMILES string of the molecule is CC(C)[C@H](C(=O)NC[C@H](C)Sc1ccccc1)c1ccncc1. The van der Waals surface area contributed by atoms with Gasteiger partial charge >= 0.3 is 0 Å². The number of aromatic nitrogens is 1. The highest BCUT2D eigenvalue weighted by Gasteiger charge is 2.24. The molecule has 122 valence electrons. The Bertz CT molecular complexity index is 601. The first-order valence-electron chi connectivity index (χ1n) is 7.97. The van der Waals surface area contributed by atoms with Crippen LogP contribution in [0.4, 0.5) is 0 Å². The first kappa shape index (κ1) is 17.5. The monoisotopic (exact) mass is 328 g/mol. The molecule has 0 aliphatic rings. The van der Waals surface area contributed by atoms with E-state index >= 15 is 0 Å². The third-order valence-electron chi connectivity index (χ3n) is 3.66. The second-order valence-electron chi connectivity index (χ2n) is 5.99. The van der Waals surface area contributed by atoms with Crippen molar-refractivity contribution in [3.8, 4) is 0 Å². The van der Waals surface area contributed by atoms with Gasteiger partial charge in [0.15, 0.2) is 0 Å². The normalized spacial score (nSPS) is 13.6. The van der Waals surface area contributed by atoms with Gasteiger partial charge in [-0.15, -0.1) is 11.8 Å². The van der Waals surface area contributed by atoms with Crippen molar-refractivity contribution >= 4 is 17.7 Å². The van der Waals surface area contributed by atoms with Gasteiger partial charge in [0.2, 0.25) is 5.91 Å². The second kappa shape index (κ2) is 8.73. The van der Waals surface area contributed by atoms with Crippen LogP contribution in [0.1, 0.15) is 32.3 Å². The summed E-state index contributed by atoms with van der Waals surface area (Å²) in [5, 5.41) is 3.43. The van der Waals surface area contributed by atoms with Gasteiger partial charge in [-0.1, -0.05) is 39.0 Å². The summed E-state index contributed by atoms with van der Waals surface area (Å²) in [6.07, 6.45) is 3.48. The maximum atomic E-state index is 12.6. The van der Waals surface area contributed by atoms with Gasteiger partial charge in [0, 0.05) is 29.1 Å². The topological polar surface area (TPSA) is 42.0 Å². The highest BCUT2D eigenvalue weighted by Crippen LogP contribution is 2.25. The Morgan fingerprint density at radius 3 is 2.35 bits per heavy atom. The van der Waals surface area contributed by atoms with Gasteiger partial charge in [0.1, 0.15) is 0 Å². The number of hydrogen-bond acceptors (Lipinski definition) is 3. The van der Waals surface area contributed by atoms with Gasteiger partial charge in [-0.3, -0.25) is 9.78 Å².